The van der Waals surface area contributed by atoms with Crippen LogP contribution in [0.15, 0.2) is 60.8 Å². The molecular weight excluding hydrogens is 302 g/mol. The summed E-state index contributed by atoms with van der Waals surface area (Å²) >= 11 is 0. The molecule has 0 atom stereocenters. The number of nitrogens with one attached hydrogen (secondary N) is 1. The van der Waals surface area contributed by atoms with E-state index >= 15 is 0 Å². The molecule has 5 heteroatoms. The summed E-state index contributed by atoms with van der Waals surface area (Å²) < 4.78 is 0. The number of para-hydroxylation sites is 1. The van der Waals surface area contributed by atoms with Crippen molar-refractivity contribution >= 4 is 28.6 Å². The van der Waals surface area contributed by atoms with Crippen molar-refractivity contribution in [1.82, 2.24) is 4.98 Å². The first-order valence-corrected chi connectivity index (χ1v) is 7.38. The van der Waals surface area contributed by atoms with E-state index in [0.29, 0.717) is 22.5 Å². The lowest BCUT2D eigenvalue weighted by atomic mass is 10.1. The van der Waals surface area contributed by atoms with Gasteiger partial charge in [-0.05, 0) is 42.0 Å². The molecule has 0 aliphatic carbocycles. The Morgan fingerprint density at radius 1 is 1.04 bits per heavy atom. The second-order valence-corrected chi connectivity index (χ2v) is 5.38. The molecule has 1 heterocycles. The first kappa shape index (κ1) is 15.4. The topological polar surface area (TPSA) is 105 Å². The van der Waals surface area contributed by atoms with E-state index in [0.717, 1.165) is 22.8 Å². The van der Waals surface area contributed by atoms with Gasteiger partial charge in [0.15, 0.2) is 6.29 Å². The Kier molecular flexibility index (Phi) is 4.07. The molecular formula is C19H17N3O2. The Hall–Kier alpha value is -3.47. The van der Waals surface area contributed by atoms with Crippen molar-refractivity contribution in [2.24, 2.45) is 11.5 Å². The molecule has 0 saturated carbocycles. The second kappa shape index (κ2) is 6.34. The fourth-order valence-corrected chi connectivity index (χ4v) is 2.50. The van der Waals surface area contributed by atoms with Crippen LogP contribution in [0, 0.1) is 0 Å². The number of phenols is 1. The van der Waals surface area contributed by atoms with E-state index in [1.165, 1.54) is 0 Å². The van der Waals surface area contributed by atoms with Crippen molar-refractivity contribution in [2.45, 2.75) is 0 Å². The number of H-pyrrole nitrogens is 1. The van der Waals surface area contributed by atoms with Gasteiger partial charge >= 0.3 is 0 Å². The number of hydrogen-bond acceptors (Lipinski definition) is 4. The average Bonchev–Trinajstić information content (AvgIpc) is 3.02. The number of carbonyl (C=O) groups is 1. The zero-order valence-corrected chi connectivity index (χ0v) is 12.9. The molecule has 1 aromatic heterocycles. The Bertz CT molecular complexity index is 968. The van der Waals surface area contributed by atoms with E-state index in [-0.39, 0.29) is 5.75 Å². The number of nitrogens with two attached hydrogens (primary N) is 2. The highest BCUT2D eigenvalue weighted by molar-refractivity contribution is 5.98. The number of benzene rings is 2. The van der Waals surface area contributed by atoms with Gasteiger partial charge in [0.1, 0.15) is 5.75 Å². The van der Waals surface area contributed by atoms with Gasteiger partial charge in [0, 0.05) is 39.6 Å². The van der Waals surface area contributed by atoms with Gasteiger partial charge in [0.05, 0.1) is 0 Å². The van der Waals surface area contributed by atoms with E-state index in [9.17, 15) is 9.90 Å². The number of aromatic amines is 1. The maximum atomic E-state index is 11.1. The van der Waals surface area contributed by atoms with Crippen LogP contribution in [0.3, 0.4) is 0 Å². The first-order chi connectivity index (χ1) is 11.6. The Morgan fingerprint density at radius 2 is 1.79 bits per heavy atom. The number of rotatable bonds is 4. The molecule has 0 radical (unpaired) electrons. The highest BCUT2D eigenvalue weighted by atomic mass is 16.3. The van der Waals surface area contributed by atoms with Crippen molar-refractivity contribution in [3.63, 3.8) is 0 Å². The predicted octanol–water partition coefficient (Wildman–Crippen LogP) is 2.99. The summed E-state index contributed by atoms with van der Waals surface area (Å²) in [4.78, 5) is 14.1. The highest BCUT2D eigenvalue weighted by Crippen LogP contribution is 2.23. The average molecular weight is 319 g/mol. The molecule has 0 aliphatic heterocycles. The Balaban J connectivity index is 1.94. The molecule has 0 unspecified atom stereocenters. The third-order valence-corrected chi connectivity index (χ3v) is 3.83. The third-order valence-electron chi connectivity index (χ3n) is 3.83. The van der Waals surface area contributed by atoms with Crippen molar-refractivity contribution in [3.05, 3.63) is 77.5 Å². The van der Waals surface area contributed by atoms with Gasteiger partial charge in [-0.3, -0.25) is 4.79 Å². The van der Waals surface area contributed by atoms with Gasteiger partial charge in [0.25, 0.3) is 0 Å². The van der Waals surface area contributed by atoms with Crippen LogP contribution < -0.4 is 11.5 Å². The maximum Gasteiger partial charge on any atom is 0.152 e. The van der Waals surface area contributed by atoms with Crippen molar-refractivity contribution in [2.75, 3.05) is 0 Å². The lowest BCUT2D eigenvalue weighted by Crippen LogP contribution is -1.98. The van der Waals surface area contributed by atoms with Gasteiger partial charge < -0.3 is 21.6 Å². The van der Waals surface area contributed by atoms with Gasteiger partial charge in [-0.2, -0.15) is 0 Å². The van der Waals surface area contributed by atoms with Gasteiger partial charge in [0.2, 0.25) is 0 Å². The minimum Gasteiger partial charge on any atom is -0.507 e. The van der Waals surface area contributed by atoms with Crippen LogP contribution in [0.5, 0.6) is 5.75 Å². The number of allylic oxidation sites excluding steroid dienone is 2. The molecule has 24 heavy (non-hydrogen) atoms. The summed E-state index contributed by atoms with van der Waals surface area (Å²) in [5.41, 5.74) is 15.8. The maximum absolute atomic E-state index is 11.1. The summed E-state index contributed by atoms with van der Waals surface area (Å²) in [5, 5.41) is 10.6. The smallest absolute Gasteiger partial charge is 0.152 e. The molecule has 2 aromatic carbocycles. The van der Waals surface area contributed by atoms with Crippen LogP contribution >= 0.6 is 0 Å². The normalized spacial score (nSPS) is 12.5. The fourth-order valence-electron chi connectivity index (χ4n) is 2.50. The van der Waals surface area contributed by atoms with Crippen molar-refractivity contribution in [3.8, 4) is 5.75 Å². The van der Waals surface area contributed by atoms with Gasteiger partial charge in [-0.25, -0.2) is 0 Å². The second-order valence-electron chi connectivity index (χ2n) is 5.38. The first-order valence-electron chi connectivity index (χ1n) is 7.38. The SMILES string of the molecule is N/C(=C\C=C(/N)c1ccccc1O)c1ccc2[nH]cc(C=O)c2c1. The monoisotopic (exact) mass is 319 g/mol. The summed E-state index contributed by atoms with van der Waals surface area (Å²) in [6.07, 6.45) is 5.79. The van der Waals surface area contributed by atoms with E-state index in [1.807, 2.05) is 18.2 Å². The lowest BCUT2D eigenvalue weighted by Gasteiger charge is -2.04. The van der Waals surface area contributed by atoms with Crippen LogP contribution in [0.25, 0.3) is 22.3 Å². The number of aromatic nitrogens is 1. The molecule has 0 amide bonds. The number of phenolic OH excluding ortho intramolecular Hbond substituents is 1. The van der Waals surface area contributed by atoms with E-state index < -0.39 is 0 Å². The van der Waals surface area contributed by atoms with Crippen LogP contribution in [0.1, 0.15) is 21.5 Å². The number of aromatic hydroxyl groups is 1. The summed E-state index contributed by atoms with van der Waals surface area (Å²) in [6, 6.07) is 12.4. The zero-order chi connectivity index (χ0) is 17.1. The Morgan fingerprint density at radius 3 is 2.54 bits per heavy atom. The molecule has 120 valence electrons. The van der Waals surface area contributed by atoms with Crippen molar-refractivity contribution < 1.29 is 9.90 Å². The molecule has 3 rings (SSSR count). The highest BCUT2D eigenvalue weighted by Gasteiger charge is 2.05. The van der Waals surface area contributed by atoms with E-state index in [4.69, 9.17) is 11.5 Å². The van der Waals surface area contributed by atoms with Crippen LogP contribution in [0.2, 0.25) is 0 Å². The molecule has 5 nitrogen and oxygen atoms in total. The summed E-state index contributed by atoms with van der Waals surface area (Å²) in [6.45, 7) is 0. The minimum absolute atomic E-state index is 0.114. The summed E-state index contributed by atoms with van der Waals surface area (Å²) in [5.74, 6) is 0.114. The number of hydrogen-bond donors (Lipinski definition) is 4. The number of fused-ring (bicyclic) bond motifs is 1. The molecule has 0 bridgehead atoms. The van der Waals surface area contributed by atoms with Crippen LogP contribution in [-0.2, 0) is 0 Å². The van der Waals surface area contributed by atoms with E-state index in [1.54, 1.807) is 42.6 Å². The number of aldehydes is 1. The standard InChI is InChI=1S/C19H17N3O2/c20-16(6-7-17(21)14-3-1-2-4-19(14)24)12-5-8-18-15(9-12)13(11-23)10-22-18/h1-11,22,24H,20-21H2/b16-6-,17-7-. The van der Waals surface area contributed by atoms with Gasteiger partial charge in [-0.1, -0.05) is 18.2 Å². The largest absolute Gasteiger partial charge is 0.507 e. The molecule has 0 spiro atoms. The molecule has 3 aromatic rings. The quantitative estimate of drug-likeness (QED) is 0.438. The molecule has 0 saturated heterocycles. The number of carbonyl (C=O) groups excluding carboxylic acids is 1. The zero-order valence-electron chi connectivity index (χ0n) is 12.9. The predicted molar refractivity (Wildman–Crippen MR) is 96.1 cm³/mol. The van der Waals surface area contributed by atoms with Crippen molar-refractivity contribution in [1.29, 1.82) is 0 Å². The molecule has 0 aliphatic rings. The Labute approximate surface area is 138 Å². The molecule has 0 fully saturated rings. The minimum atomic E-state index is 0.114. The van der Waals surface area contributed by atoms with Crippen LogP contribution in [0.4, 0.5) is 0 Å². The van der Waals surface area contributed by atoms with E-state index in [2.05, 4.69) is 4.98 Å². The lowest BCUT2D eigenvalue weighted by molar-refractivity contribution is 0.112. The molecule has 6 N–H and O–H groups in total. The third kappa shape index (κ3) is 2.87. The fraction of sp³-hybridized carbons (Fsp3) is 0. The van der Waals surface area contributed by atoms with Crippen LogP contribution in [-0.4, -0.2) is 16.4 Å². The summed E-state index contributed by atoms with van der Waals surface area (Å²) in [7, 11) is 0. The van der Waals surface area contributed by atoms with Gasteiger partial charge in [-0.15, -0.1) is 0 Å².